The summed E-state index contributed by atoms with van der Waals surface area (Å²) in [7, 11) is 1.64. The standard InChI is InChI=1S/C14H15N3O3/c1-20-10-12-4-2-3-11(7-12)8-16-13-5-6-15-9-14(13)17(18)19/h2-7,9H,8,10H2,1H3,(H,15,16). The Morgan fingerprint density at radius 1 is 1.35 bits per heavy atom. The Bertz CT molecular complexity index is 602. The van der Waals surface area contributed by atoms with Gasteiger partial charge in [0, 0.05) is 19.9 Å². The van der Waals surface area contributed by atoms with Gasteiger partial charge in [0.05, 0.1) is 11.5 Å². The summed E-state index contributed by atoms with van der Waals surface area (Å²) in [5, 5.41) is 13.9. The van der Waals surface area contributed by atoms with Crippen LogP contribution in [0, 0.1) is 10.1 Å². The first kappa shape index (κ1) is 14.0. The zero-order valence-corrected chi connectivity index (χ0v) is 11.1. The van der Waals surface area contributed by atoms with Crippen LogP contribution < -0.4 is 5.32 Å². The fourth-order valence-corrected chi connectivity index (χ4v) is 1.87. The molecule has 0 bridgehead atoms. The number of nitro groups is 1. The third kappa shape index (κ3) is 3.52. The van der Waals surface area contributed by atoms with Gasteiger partial charge in [0.15, 0.2) is 0 Å². The third-order valence-corrected chi connectivity index (χ3v) is 2.78. The quantitative estimate of drug-likeness (QED) is 0.646. The number of benzene rings is 1. The zero-order valence-electron chi connectivity index (χ0n) is 11.1. The summed E-state index contributed by atoms with van der Waals surface area (Å²) in [6.45, 7) is 1.05. The molecule has 0 fully saturated rings. The molecule has 0 amide bonds. The normalized spacial score (nSPS) is 10.2. The van der Waals surface area contributed by atoms with Crippen molar-refractivity contribution in [2.24, 2.45) is 0 Å². The van der Waals surface area contributed by atoms with Crippen LogP contribution in [0.15, 0.2) is 42.7 Å². The van der Waals surface area contributed by atoms with Gasteiger partial charge in [-0.15, -0.1) is 0 Å². The molecule has 0 radical (unpaired) electrons. The van der Waals surface area contributed by atoms with E-state index in [9.17, 15) is 10.1 Å². The number of methoxy groups -OCH3 is 1. The van der Waals surface area contributed by atoms with Gasteiger partial charge in [-0.25, -0.2) is 0 Å². The van der Waals surface area contributed by atoms with Crippen molar-refractivity contribution in [2.75, 3.05) is 12.4 Å². The van der Waals surface area contributed by atoms with Crippen molar-refractivity contribution in [1.82, 2.24) is 4.98 Å². The van der Waals surface area contributed by atoms with E-state index in [4.69, 9.17) is 4.74 Å². The number of pyridine rings is 1. The Balaban J connectivity index is 2.09. The monoisotopic (exact) mass is 273 g/mol. The van der Waals surface area contributed by atoms with Crippen LogP contribution in [0.4, 0.5) is 11.4 Å². The molecule has 1 aromatic carbocycles. The lowest BCUT2D eigenvalue weighted by Gasteiger charge is -2.08. The second-order valence-electron chi connectivity index (χ2n) is 4.26. The number of rotatable bonds is 6. The van der Waals surface area contributed by atoms with E-state index >= 15 is 0 Å². The van der Waals surface area contributed by atoms with E-state index < -0.39 is 4.92 Å². The lowest BCUT2D eigenvalue weighted by molar-refractivity contribution is -0.384. The summed E-state index contributed by atoms with van der Waals surface area (Å²) in [5.41, 5.74) is 2.53. The van der Waals surface area contributed by atoms with Crippen LogP contribution in [0.2, 0.25) is 0 Å². The highest BCUT2D eigenvalue weighted by molar-refractivity contribution is 5.59. The Labute approximate surface area is 116 Å². The van der Waals surface area contributed by atoms with Crippen LogP contribution in [-0.2, 0) is 17.9 Å². The maximum atomic E-state index is 10.9. The molecule has 2 rings (SSSR count). The van der Waals surface area contributed by atoms with Gasteiger partial charge in [0.1, 0.15) is 11.9 Å². The molecule has 1 aromatic heterocycles. The topological polar surface area (TPSA) is 77.3 Å². The molecule has 0 atom stereocenters. The van der Waals surface area contributed by atoms with Gasteiger partial charge in [0.25, 0.3) is 0 Å². The van der Waals surface area contributed by atoms with E-state index in [-0.39, 0.29) is 5.69 Å². The smallest absolute Gasteiger partial charge is 0.310 e. The third-order valence-electron chi connectivity index (χ3n) is 2.78. The van der Waals surface area contributed by atoms with Gasteiger partial charge >= 0.3 is 5.69 Å². The number of anilines is 1. The number of ether oxygens (including phenoxy) is 1. The van der Waals surface area contributed by atoms with Crippen LogP contribution in [0.1, 0.15) is 11.1 Å². The summed E-state index contributed by atoms with van der Waals surface area (Å²) >= 11 is 0. The van der Waals surface area contributed by atoms with Crippen LogP contribution >= 0.6 is 0 Å². The van der Waals surface area contributed by atoms with Crippen molar-refractivity contribution in [3.63, 3.8) is 0 Å². The predicted molar refractivity (Wildman–Crippen MR) is 75.4 cm³/mol. The summed E-state index contributed by atoms with van der Waals surface area (Å²) in [6, 6.07) is 9.47. The average molecular weight is 273 g/mol. The number of nitrogens with zero attached hydrogens (tertiary/aromatic N) is 2. The van der Waals surface area contributed by atoms with E-state index in [1.807, 2.05) is 24.3 Å². The molecule has 0 saturated heterocycles. The molecule has 0 aliphatic heterocycles. The number of aromatic nitrogens is 1. The lowest BCUT2D eigenvalue weighted by Crippen LogP contribution is -2.03. The maximum Gasteiger partial charge on any atom is 0.310 e. The van der Waals surface area contributed by atoms with Crippen molar-refractivity contribution in [1.29, 1.82) is 0 Å². The van der Waals surface area contributed by atoms with E-state index in [0.717, 1.165) is 11.1 Å². The Hall–Kier alpha value is -2.47. The Morgan fingerprint density at radius 3 is 2.90 bits per heavy atom. The largest absolute Gasteiger partial charge is 0.380 e. The minimum absolute atomic E-state index is 0.0273. The molecule has 6 nitrogen and oxygen atoms in total. The van der Waals surface area contributed by atoms with Crippen LogP contribution in [-0.4, -0.2) is 17.0 Å². The van der Waals surface area contributed by atoms with Gasteiger partial charge in [-0.2, -0.15) is 0 Å². The van der Waals surface area contributed by atoms with Crippen molar-refractivity contribution in [2.45, 2.75) is 13.2 Å². The molecule has 0 spiro atoms. The first-order valence-electron chi connectivity index (χ1n) is 6.09. The first-order chi connectivity index (χ1) is 9.70. The minimum Gasteiger partial charge on any atom is -0.380 e. The number of hydrogen-bond acceptors (Lipinski definition) is 5. The SMILES string of the molecule is COCc1cccc(CNc2ccncc2[N+](=O)[O-])c1. The van der Waals surface area contributed by atoms with Crippen LogP contribution in [0.25, 0.3) is 0 Å². The second kappa shape index (κ2) is 6.63. The van der Waals surface area contributed by atoms with Gasteiger partial charge < -0.3 is 10.1 Å². The molecular formula is C14H15N3O3. The van der Waals surface area contributed by atoms with Crippen molar-refractivity contribution < 1.29 is 9.66 Å². The first-order valence-corrected chi connectivity index (χ1v) is 6.09. The second-order valence-corrected chi connectivity index (χ2v) is 4.26. The van der Waals surface area contributed by atoms with Gasteiger partial charge in [-0.05, 0) is 17.2 Å². The van der Waals surface area contributed by atoms with Crippen LogP contribution in [0.5, 0.6) is 0 Å². The van der Waals surface area contributed by atoms with Gasteiger partial charge in [0.2, 0.25) is 0 Å². The minimum atomic E-state index is -0.448. The molecule has 104 valence electrons. The molecular weight excluding hydrogens is 258 g/mol. The summed E-state index contributed by atoms with van der Waals surface area (Å²) in [5.74, 6) is 0. The highest BCUT2D eigenvalue weighted by Crippen LogP contribution is 2.22. The Kier molecular flexibility index (Phi) is 4.62. The molecule has 0 aliphatic carbocycles. The molecule has 0 saturated carbocycles. The number of nitrogens with one attached hydrogen (secondary N) is 1. The predicted octanol–water partition coefficient (Wildman–Crippen LogP) is 2.75. The summed E-state index contributed by atoms with van der Waals surface area (Å²) < 4.78 is 5.08. The Morgan fingerprint density at radius 2 is 2.15 bits per heavy atom. The van der Waals surface area contributed by atoms with Crippen molar-refractivity contribution in [3.8, 4) is 0 Å². The molecule has 0 aliphatic rings. The van der Waals surface area contributed by atoms with Crippen molar-refractivity contribution >= 4 is 11.4 Å². The van der Waals surface area contributed by atoms with Crippen molar-refractivity contribution in [3.05, 3.63) is 64.0 Å². The van der Waals surface area contributed by atoms with E-state index in [1.165, 1.54) is 12.4 Å². The van der Waals surface area contributed by atoms with Gasteiger partial charge in [-0.3, -0.25) is 15.1 Å². The lowest BCUT2D eigenvalue weighted by atomic mass is 10.1. The van der Waals surface area contributed by atoms with Gasteiger partial charge in [-0.1, -0.05) is 24.3 Å². The summed E-state index contributed by atoms with van der Waals surface area (Å²) in [6.07, 6.45) is 2.76. The average Bonchev–Trinajstić information content (AvgIpc) is 2.46. The summed E-state index contributed by atoms with van der Waals surface area (Å²) in [4.78, 5) is 14.2. The molecule has 20 heavy (non-hydrogen) atoms. The van der Waals surface area contributed by atoms with E-state index in [0.29, 0.717) is 18.8 Å². The fourth-order valence-electron chi connectivity index (χ4n) is 1.87. The van der Waals surface area contributed by atoms with Crippen LogP contribution in [0.3, 0.4) is 0 Å². The molecule has 0 unspecified atom stereocenters. The molecule has 1 heterocycles. The highest BCUT2D eigenvalue weighted by atomic mass is 16.6. The molecule has 1 N–H and O–H groups in total. The maximum absolute atomic E-state index is 10.9. The zero-order chi connectivity index (χ0) is 14.4. The highest BCUT2D eigenvalue weighted by Gasteiger charge is 2.12. The fraction of sp³-hybridized carbons (Fsp3) is 0.214. The molecule has 6 heteroatoms. The van der Waals surface area contributed by atoms with E-state index in [2.05, 4.69) is 10.3 Å². The number of hydrogen-bond donors (Lipinski definition) is 1. The van der Waals surface area contributed by atoms with E-state index in [1.54, 1.807) is 13.2 Å². The molecule has 2 aromatic rings.